The Bertz CT molecular complexity index is 488. The smallest absolute Gasteiger partial charge is 0.127 e. The minimum Gasteiger partial charge on any atom is -0.457 e. The second-order valence-electron chi connectivity index (χ2n) is 4.74. The lowest BCUT2D eigenvalue weighted by atomic mass is 10.2. The summed E-state index contributed by atoms with van der Waals surface area (Å²) in [7, 11) is 0. The Labute approximate surface area is 115 Å². The van der Waals surface area contributed by atoms with Crippen LogP contribution in [-0.4, -0.2) is 6.54 Å². The molecule has 2 heteroatoms. The van der Waals surface area contributed by atoms with Gasteiger partial charge < -0.3 is 10.1 Å². The van der Waals surface area contributed by atoms with Crippen molar-refractivity contribution < 1.29 is 4.74 Å². The lowest BCUT2D eigenvalue weighted by molar-refractivity contribution is 0.482. The Hall–Kier alpha value is -1.80. The highest BCUT2D eigenvalue weighted by atomic mass is 16.5. The third kappa shape index (κ3) is 4.42. The van der Waals surface area contributed by atoms with Crippen molar-refractivity contribution in [1.29, 1.82) is 0 Å². The minimum atomic E-state index is 0.877. The number of hydrogen-bond acceptors (Lipinski definition) is 2. The van der Waals surface area contributed by atoms with E-state index in [0.717, 1.165) is 31.0 Å². The van der Waals surface area contributed by atoms with Crippen molar-refractivity contribution in [2.45, 2.75) is 26.8 Å². The number of rotatable bonds is 6. The van der Waals surface area contributed by atoms with Gasteiger partial charge in [0.1, 0.15) is 11.5 Å². The maximum atomic E-state index is 5.79. The number of hydrogen-bond donors (Lipinski definition) is 1. The number of benzene rings is 2. The average Bonchev–Trinajstić information content (AvgIpc) is 2.44. The topological polar surface area (TPSA) is 21.3 Å². The van der Waals surface area contributed by atoms with Gasteiger partial charge in [0.15, 0.2) is 0 Å². The summed E-state index contributed by atoms with van der Waals surface area (Å²) in [6, 6.07) is 16.3. The maximum absolute atomic E-state index is 5.79. The van der Waals surface area contributed by atoms with Crippen LogP contribution in [0.1, 0.15) is 24.5 Å². The summed E-state index contributed by atoms with van der Waals surface area (Å²) in [4.78, 5) is 0. The number of aryl methyl sites for hydroxylation is 1. The molecule has 2 aromatic rings. The van der Waals surface area contributed by atoms with Crippen molar-refractivity contribution >= 4 is 0 Å². The zero-order valence-corrected chi connectivity index (χ0v) is 11.6. The van der Waals surface area contributed by atoms with Crippen molar-refractivity contribution in [1.82, 2.24) is 5.32 Å². The van der Waals surface area contributed by atoms with Crippen LogP contribution in [0.4, 0.5) is 0 Å². The summed E-state index contributed by atoms with van der Waals surface area (Å²) in [5, 5.41) is 3.39. The molecular formula is C17H21NO. The molecule has 2 nitrogen and oxygen atoms in total. The van der Waals surface area contributed by atoms with Crippen LogP contribution >= 0.6 is 0 Å². The summed E-state index contributed by atoms with van der Waals surface area (Å²) >= 11 is 0. The van der Waals surface area contributed by atoms with Gasteiger partial charge in [-0.1, -0.05) is 36.8 Å². The van der Waals surface area contributed by atoms with E-state index < -0.39 is 0 Å². The lowest BCUT2D eigenvalue weighted by Crippen LogP contribution is -2.13. The van der Waals surface area contributed by atoms with Crippen LogP contribution in [0.25, 0.3) is 0 Å². The van der Waals surface area contributed by atoms with Gasteiger partial charge in [0.25, 0.3) is 0 Å². The van der Waals surface area contributed by atoms with Crippen molar-refractivity contribution in [3.8, 4) is 11.5 Å². The molecule has 19 heavy (non-hydrogen) atoms. The van der Waals surface area contributed by atoms with Gasteiger partial charge in [0.2, 0.25) is 0 Å². The molecule has 0 radical (unpaired) electrons. The quantitative estimate of drug-likeness (QED) is 0.778. The highest BCUT2D eigenvalue weighted by Gasteiger charge is 1.98. The van der Waals surface area contributed by atoms with Crippen LogP contribution in [0.5, 0.6) is 11.5 Å². The van der Waals surface area contributed by atoms with Crippen LogP contribution in [0, 0.1) is 6.92 Å². The molecule has 0 aliphatic heterocycles. The van der Waals surface area contributed by atoms with E-state index >= 15 is 0 Å². The molecule has 0 atom stereocenters. The molecule has 0 aromatic heterocycles. The van der Waals surface area contributed by atoms with E-state index in [0.29, 0.717) is 0 Å². The summed E-state index contributed by atoms with van der Waals surface area (Å²) < 4.78 is 5.79. The van der Waals surface area contributed by atoms with Gasteiger partial charge in [0.05, 0.1) is 0 Å². The Morgan fingerprint density at radius 3 is 2.05 bits per heavy atom. The molecule has 0 aliphatic carbocycles. The molecule has 0 fully saturated rings. The number of ether oxygens (including phenoxy) is 1. The Morgan fingerprint density at radius 2 is 1.47 bits per heavy atom. The van der Waals surface area contributed by atoms with E-state index in [1.54, 1.807) is 0 Å². The number of nitrogens with one attached hydrogen (secondary N) is 1. The largest absolute Gasteiger partial charge is 0.457 e. The first-order chi connectivity index (χ1) is 9.28. The van der Waals surface area contributed by atoms with Crippen molar-refractivity contribution in [3.63, 3.8) is 0 Å². The van der Waals surface area contributed by atoms with Crippen molar-refractivity contribution in [3.05, 3.63) is 59.7 Å². The monoisotopic (exact) mass is 255 g/mol. The van der Waals surface area contributed by atoms with Crippen LogP contribution in [0.3, 0.4) is 0 Å². The SMILES string of the molecule is CCCNCc1ccc(Oc2ccc(C)cc2)cc1. The highest BCUT2D eigenvalue weighted by Crippen LogP contribution is 2.21. The molecule has 0 saturated carbocycles. The van der Waals surface area contributed by atoms with Gasteiger partial charge in [-0.3, -0.25) is 0 Å². The zero-order chi connectivity index (χ0) is 13.5. The van der Waals surface area contributed by atoms with Gasteiger partial charge in [-0.2, -0.15) is 0 Å². The first kappa shape index (κ1) is 13.6. The molecular weight excluding hydrogens is 234 g/mol. The van der Waals surface area contributed by atoms with Crippen LogP contribution in [-0.2, 0) is 6.54 Å². The van der Waals surface area contributed by atoms with Gasteiger partial charge in [-0.25, -0.2) is 0 Å². The Morgan fingerprint density at radius 1 is 0.895 bits per heavy atom. The van der Waals surface area contributed by atoms with Gasteiger partial charge in [-0.05, 0) is 49.7 Å². The first-order valence-electron chi connectivity index (χ1n) is 6.82. The maximum Gasteiger partial charge on any atom is 0.127 e. The van der Waals surface area contributed by atoms with Crippen molar-refractivity contribution in [2.24, 2.45) is 0 Å². The second kappa shape index (κ2) is 6.95. The standard InChI is InChI=1S/C17H21NO/c1-3-12-18-13-15-6-10-17(11-7-15)19-16-8-4-14(2)5-9-16/h4-11,18H,3,12-13H2,1-2H3. The highest BCUT2D eigenvalue weighted by molar-refractivity contribution is 5.34. The first-order valence-corrected chi connectivity index (χ1v) is 6.82. The molecule has 2 aromatic carbocycles. The van der Waals surface area contributed by atoms with Gasteiger partial charge >= 0.3 is 0 Å². The zero-order valence-electron chi connectivity index (χ0n) is 11.6. The molecule has 100 valence electrons. The fraction of sp³-hybridized carbons (Fsp3) is 0.294. The Balaban J connectivity index is 1.92. The molecule has 0 unspecified atom stereocenters. The van der Waals surface area contributed by atoms with Crippen LogP contribution < -0.4 is 10.1 Å². The Kier molecular flexibility index (Phi) is 4.99. The van der Waals surface area contributed by atoms with E-state index in [9.17, 15) is 0 Å². The molecule has 0 spiro atoms. The molecule has 0 bridgehead atoms. The van der Waals surface area contributed by atoms with Gasteiger partial charge in [0, 0.05) is 6.54 Å². The van der Waals surface area contributed by atoms with E-state index in [4.69, 9.17) is 4.74 Å². The predicted octanol–water partition coefficient (Wildman–Crippen LogP) is 4.29. The lowest BCUT2D eigenvalue weighted by Gasteiger charge is -2.07. The second-order valence-corrected chi connectivity index (χ2v) is 4.74. The van der Waals surface area contributed by atoms with E-state index in [1.807, 2.05) is 24.3 Å². The average molecular weight is 255 g/mol. The summed E-state index contributed by atoms with van der Waals surface area (Å²) in [5.74, 6) is 1.76. The summed E-state index contributed by atoms with van der Waals surface area (Å²) in [6.45, 7) is 6.22. The van der Waals surface area contributed by atoms with E-state index in [1.165, 1.54) is 11.1 Å². The van der Waals surface area contributed by atoms with Crippen LogP contribution in [0.2, 0.25) is 0 Å². The molecule has 0 amide bonds. The van der Waals surface area contributed by atoms with E-state index in [2.05, 4.69) is 43.4 Å². The molecule has 0 saturated heterocycles. The fourth-order valence-corrected chi connectivity index (χ4v) is 1.83. The minimum absolute atomic E-state index is 0.877. The third-order valence-corrected chi connectivity index (χ3v) is 2.94. The molecule has 1 N–H and O–H groups in total. The molecule has 0 aliphatic rings. The predicted molar refractivity (Wildman–Crippen MR) is 79.7 cm³/mol. The molecule has 0 heterocycles. The normalized spacial score (nSPS) is 10.4. The third-order valence-electron chi connectivity index (χ3n) is 2.94. The summed E-state index contributed by atoms with van der Waals surface area (Å²) in [6.07, 6.45) is 1.16. The van der Waals surface area contributed by atoms with Crippen LogP contribution in [0.15, 0.2) is 48.5 Å². The van der Waals surface area contributed by atoms with Gasteiger partial charge in [-0.15, -0.1) is 0 Å². The summed E-state index contributed by atoms with van der Waals surface area (Å²) in [5.41, 5.74) is 2.52. The molecule has 2 rings (SSSR count). The van der Waals surface area contributed by atoms with E-state index in [-0.39, 0.29) is 0 Å². The fourth-order valence-electron chi connectivity index (χ4n) is 1.83. The van der Waals surface area contributed by atoms with Crippen molar-refractivity contribution in [2.75, 3.05) is 6.54 Å².